The monoisotopic (exact) mass is 362 g/mol. The summed E-state index contributed by atoms with van der Waals surface area (Å²) >= 11 is 5.76. The number of aliphatic hydroxyl groups is 1. The molecule has 2 aromatic heterocycles. The summed E-state index contributed by atoms with van der Waals surface area (Å²) in [4.78, 5) is 0. The zero-order valence-electron chi connectivity index (χ0n) is 13.4. The van der Waals surface area contributed by atoms with Crippen LogP contribution < -0.4 is 5.32 Å². The van der Waals surface area contributed by atoms with Crippen LogP contribution in [0.2, 0.25) is 5.02 Å². The zero-order chi connectivity index (χ0) is 17.8. The summed E-state index contributed by atoms with van der Waals surface area (Å²) in [5.41, 5.74) is 0.126. The lowest BCUT2D eigenvalue weighted by Gasteiger charge is -2.41. The van der Waals surface area contributed by atoms with Crippen LogP contribution in [0.1, 0.15) is 19.8 Å². The van der Waals surface area contributed by atoms with Crippen LogP contribution in [-0.4, -0.2) is 36.5 Å². The molecule has 3 N–H and O–H groups in total. The van der Waals surface area contributed by atoms with Gasteiger partial charge in [-0.3, -0.25) is 4.40 Å². The summed E-state index contributed by atoms with van der Waals surface area (Å²) in [7, 11) is 0. The number of hydrogen-bond donors (Lipinski definition) is 3. The maximum atomic E-state index is 14.3. The SMILES string of the molecule is CC1(O)CC(Nc2nnc(-c3c(O)cc(Cl)cc3F)c3cccn23)C1. The molecule has 8 heteroatoms. The van der Waals surface area contributed by atoms with Crippen molar-refractivity contribution in [3.63, 3.8) is 0 Å². The first-order valence-electron chi connectivity index (χ1n) is 7.85. The number of anilines is 1. The van der Waals surface area contributed by atoms with Gasteiger partial charge in [-0.05, 0) is 44.0 Å². The van der Waals surface area contributed by atoms with Crippen molar-refractivity contribution in [2.24, 2.45) is 0 Å². The van der Waals surface area contributed by atoms with Gasteiger partial charge < -0.3 is 15.5 Å². The predicted octanol–water partition coefficient (Wildman–Crippen LogP) is 3.22. The Labute approximate surface area is 147 Å². The van der Waals surface area contributed by atoms with Gasteiger partial charge in [0, 0.05) is 17.3 Å². The minimum atomic E-state index is -0.668. The molecular formula is C17H16ClFN4O2. The number of phenolic OH excluding ortho intramolecular Hbond substituents is 1. The summed E-state index contributed by atoms with van der Waals surface area (Å²) in [6.07, 6.45) is 3.01. The lowest BCUT2D eigenvalue weighted by molar-refractivity contribution is -0.0236. The Morgan fingerprint density at radius 1 is 1.36 bits per heavy atom. The topological polar surface area (TPSA) is 82.7 Å². The van der Waals surface area contributed by atoms with E-state index in [1.165, 1.54) is 6.07 Å². The van der Waals surface area contributed by atoms with E-state index in [0.29, 0.717) is 24.3 Å². The molecule has 1 aliphatic carbocycles. The summed E-state index contributed by atoms with van der Waals surface area (Å²) in [6, 6.07) is 6.04. The van der Waals surface area contributed by atoms with E-state index in [1.54, 1.807) is 29.7 Å². The Morgan fingerprint density at radius 2 is 2.12 bits per heavy atom. The van der Waals surface area contributed by atoms with E-state index >= 15 is 0 Å². The minimum absolute atomic E-state index is 0.0428. The molecule has 0 atom stereocenters. The first-order chi connectivity index (χ1) is 11.8. The Kier molecular flexibility index (Phi) is 3.59. The van der Waals surface area contributed by atoms with E-state index in [4.69, 9.17) is 11.6 Å². The van der Waals surface area contributed by atoms with Gasteiger partial charge in [0.15, 0.2) is 0 Å². The molecule has 0 amide bonds. The largest absolute Gasteiger partial charge is 0.507 e. The highest BCUT2D eigenvalue weighted by atomic mass is 35.5. The number of nitrogens with zero attached hydrogens (tertiary/aromatic N) is 3. The van der Waals surface area contributed by atoms with Gasteiger partial charge in [0.2, 0.25) is 5.95 Å². The van der Waals surface area contributed by atoms with Gasteiger partial charge in [-0.15, -0.1) is 10.2 Å². The highest BCUT2D eigenvalue weighted by Crippen LogP contribution is 2.37. The quantitative estimate of drug-likeness (QED) is 0.666. The molecular weight excluding hydrogens is 347 g/mol. The van der Waals surface area contributed by atoms with E-state index < -0.39 is 11.4 Å². The number of hydrogen-bond acceptors (Lipinski definition) is 5. The van der Waals surface area contributed by atoms with Crippen molar-refractivity contribution in [3.05, 3.63) is 41.3 Å². The second-order valence-corrected chi connectivity index (χ2v) is 7.10. The van der Waals surface area contributed by atoms with E-state index in [0.717, 1.165) is 6.07 Å². The first-order valence-corrected chi connectivity index (χ1v) is 8.23. The summed E-state index contributed by atoms with van der Waals surface area (Å²) in [5.74, 6) is -0.464. The van der Waals surface area contributed by atoms with Crippen LogP contribution >= 0.6 is 11.6 Å². The maximum Gasteiger partial charge on any atom is 0.228 e. The van der Waals surface area contributed by atoms with Gasteiger partial charge in [0.05, 0.1) is 16.7 Å². The van der Waals surface area contributed by atoms with Crippen molar-refractivity contribution < 1.29 is 14.6 Å². The number of aromatic hydroxyl groups is 1. The minimum Gasteiger partial charge on any atom is -0.507 e. The van der Waals surface area contributed by atoms with Crippen molar-refractivity contribution in [2.75, 3.05) is 5.32 Å². The van der Waals surface area contributed by atoms with Crippen molar-refractivity contribution in [1.82, 2.24) is 14.6 Å². The fraction of sp³-hybridized carbons (Fsp3) is 0.294. The Morgan fingerprint density at radius 3 is 2.80 bits per heavy atom. The highest BCUT2D eigenvalue weighted by molar-refractivity contribution is 6.30. The van der Waals surface area contributed by atoms with Crippen molar-refractivity contribution in [1.29, 1.82) is 0 Å². The molecule has 2 heterocycles. The van der Waals surface area contributed by atoms with E-state index in [-0.39, 0.29) is 28.1 Å². The molecule has 0 spiro atoms. The molecule has 0 radical (unpaired) electrons. The molecule has 1 fully saturated rings. The number of aromatic nitrogens is 3. The number of fused-ring (bicyclic) bond motifs is 1. The smallest absolute Gasteiger partial charge is 0.228 e. The molecule has 25 heavy (non-hydrogen) atoms. The van der Waals surface area contributed by atoms with Crippen LogP contribution in [0.4, 0.5) is 10.3 Å². The average molecular weight is 363 g/mol. The molecule has 3 aromatic rings. The average Bonchev–Trinajstić information content (AvgIpc) is 2.96. The predicted molar refractivity (Wildman–Crippen MR) is 92.3 cm³/mol. The lowest BCUT2D eigenvalue weighted by atomic mass is 9.77. The number of benzene rings is 1. The molecule has 6 nitrogen and oxygen atoms in total. The first kappa shape index (κ1) is 16.1. The Bertz CT molecular complexity index is 941. The molecule has 0 aliphatic heterocycles. The lowest BCUT2D eigenvalue weighted by Crippen LogP contribution is -2.48. The molecule has 1 aromatic carbocycles. The second kappa shape index (κ2) is 5.57. The van der Waals surface area contributed by atoms with Crippen LogP contribution in [0.3, 0.4) is 0 Å². The van der Waals surface area contributed by atoms with E-state index in [9.17, 15) is 14.6 Å². The van der Waals surface area contributed by atoms with E-state index in [1.807, 2.05) is 0 Å². The van der Waals surface area contributed by atoms with Gasteiger partial charge in [-0.25, -0.2) is 4.39 Å². The molecule has 1 aliphatic rings. The standard InChI is InChI=1S/C17H16ClFN4O2/c1-17(25)7-10(8-17)20-16-22-21-15(12-3-2-4-23(12)16)14-11(19)5-9(18)6-13(14)24/h2-6,10,24-25H,7-8H2,1H3,(H,20,22). The highest BCUT2D eigenvalue weighted by Gasteiger charge is 2.38. The van der Waals surface area contributed by atoms with Gasteiger partial charge in [0.25, 0.3) is 0 Å². The second-order valence-electron chi connectivity index (χ2n) is 6.66. The molecule has 130 valence electrons. The van der Waals surface area contributed by atoms with Gasteiger partial charge in [0.1, 0.15) is 17.3 Å². The zero-order valence-corrected chi connectivity index (χ0v) is 14.1. The van der Waals surface area contributed by atoms with Crippen molar-refractivity contribution >= 4 is 23.1 Å². The van der Waals surface area contributed by atoms with E-state index in [2.05, 4.69) is 15.5 Å². The van der Waals surface area contributed by atoms with Crippen molar-refractivity contribution in [2.45, 2.75) is 31.4 Å². The summed E-state index contributed by atoms with van der Waals surface area (Å²) < 4.78 is 16.1. The van der Waals surface area contributed by atoms with Crippen LogP contribution in [0.25, 0.3) is 16.8 Å². The number of phenols is 1. The summed E-state index contributed by atoms with van der Waals surface area (Å²) in [5, 5.41) is 31.5. The molecule has 1 saturated carbocycles. The summed E-state index contributed by atoms with van der Waals surface area (Å²) in [6.45, 7) is 1.79. The Balaban J connectivity index is 1.76. The fourth-order valence-corrected chi connectivity index (χ4v) is 3.51. The molecule has 0 saturated heterocycles. The van der Waals surface area contributed by atoms with Crippen LogP contribution in [-0.2, 0) is 0 Å². The van der Waals surface area contributed by atoms with Crippen LogP contribution in [0.15, 0.2) is 30.5 Å². The number of rotatable bonds is 3. The van der Waals surface area contributed by atoms with Crippen LogP contribution in [0, 0.1) is 5.82 Å². The third-order valence-corrected chi connectivity index (χ3v) is 4.66. The molecule has 0 bridgehead atoms. The van der Waals surface area contributed by atoms with Gasteiger partial charge >= 0.3 is 0 Å². The van der Waals surface area contributed by atoms with Gasteiger partial charge in [-0.2, -0.15) is 0 Å². The number of nitrogens with one attached hydrogen (secondary N) is 1. The van der Waals surface area contributed by atoms with Crippen LogP contribution in [0.5, 0.6) is 5.75 Å². The van der Waals surface area contributed by atoms with Gasteiger partial charge in [-0.1, -0.05) is 11.6 Å². The Hall–Kier alpha value is -2.38. The third kappa shape index (κ3) is 2.79. The third-order valence-electron chi connectivity index (χ3n) is 4.44. The maximum absolute atomic E-state index is 14.3. The number of halogens is 2. The van der Waals surface area contributed by atoms with Crippen molar-refractivity contribution in [3.8, 4) is 17.0 Å². The molecule has 4 rings (SSSR count). The molecule has 0 unspecified atom stereocenters. The fourth-order valence-electron chi connectivity index (χ4n) is 3.31. The normalized spacial score (nSPS) is 22.8.